The van der Waals surface area contributed by atoms with E-state index in [9.17, 15) is 18.0 Å². The first kappa shape index (κ1) is 16.0. The topological polar surface area (TPSA) is 55.1 Å². The fourth-order valence-corrected chi connectivity index (χ4v) is 2.01. The van der Waals surface area contributed by atoms with Crippen LogP contribution >= 0.6 is 0 Å². The van der Waals surface area contributed by atoms with Crippen LogP contribution in [0, 0.1) is 6.92 Å². The highest BCUT2D eigenvalue weighted by molar-refractivity contribution is 6.04. The molecule has 3 N–H and O–H groups in total. The molecule has 0 saturated carbocycles. The number of aryl methyl sites for hydroxylation is 1. The third-order valence-electron chi connectivity index (χ3n) is 3.29. The molecule has 2 aromatic rings. The lowest BCUT2D eigenvalue weighted by Gasteiger charge is -2.10. The minimum Gasteiger partial charge on any atom is -0.326 e. The number of benzene rings is 2. The summed E-state index contributed by atoms with van der Waals surface area (Å²) >= 11 is 0. The normalized spacial score (nSPS) is 11.3. The molecule has 2 rings (SSSR count). The zero-order chi connectivity index (χ0) is 16.3. The molecule has 0 heterocycles. The molecule has 0 spiro atoms. The summed E-state index contributed by atoms with van der Waals surface area (Å²) in [6.07, 6.45) is -4.39. The lowest BCUT2D eigenvalue weighted by molar-refractivity contribution is -0.137. The minimum absolute atomic E-state index is 0.304. The Morgan fingerprint density at radius 1 is 1.14 bits per heavy atom. The molecule has 0 aliphatic heterocycles. The van der Waals surface area contributed by atoms with Crippen LogP contribution in [0.4, 0.5) is 18.9 Å². The van der Waals surface area contributed by atoms with Crippen molar-refractivity contribution < 1.29 is 18.0 Å². The van der Waals surface area contributed by atoms with Crippen LogP contribution in [-0.4, -0.2) is 5.91 Å². The van der Waals surface area contributed by atoms with Gasteiger partial charge >= 0.3 is 6.18 Å². The van der Waals surface area contributed by atoms with E-state index in [4.69, 9.17) is 5.73 Å². The summed E-state index contributed by atoms with van der Waals surface area (Å²) in [6, 6.07) is 9.40. The molecule has 116 valence electrons. The van der Waals surface area contributed by atoms with Gasteiger partial charge in [0, 0.05) is 17.8 Å². The fraction of sp³-hybridized carbons (Fsp3) is 0.188. The maximum Gasteiger partial charge on any atom is 0.416 e. The lowest BCUT2D eigenvalue weighted by atomic mass is 10.0. The molecule has 0 aliphatic rings. The van der Waals surface area contributed by atoms with Crippen LogP contribution < -0.4 is 11.1 Å². The van der Waals surface area contributed by atoms with E-state index in [1.165, 1.54) is 12.1 Å². The maximum atomic E-state index is 12.5. The molecule has 0 saturated heterocycles. The van der Waals surface area contributed by atoms with Gasteiger partial charge in [-0.05, 0) is 54.4 Å². The Balaban J connectivity index is 2.13. The summed E-state index contributed by atoms with van der Waals surface area (Å²) in [6.45, 7) is 2.23. The quantitative estimate of drug-likeness (QED) is 0.908. The lowest BCUT2D eigenvalue weighted by Crippen LogP contribution is -2.13. The summed E-state index contributed by atoms with van der Waals surface area (Å²) in [5.41, 5.74) is 7.36. The summed E-state index contributed by atoms with van der Waals surface area (Å²) < 4.78 is 37.4. The Labute approximate surface area is 125 Å². The average molecular weight is 308 g/mol. The third kappa shape index (κ3) is 3.65. The first-order chi connectivity index (χ1) is 10.3. The summed E-state index contributed by atoms with van der Waals surface area (Å²) in [4.78, 5) is 12.1. The van der Waals surface area contributed by atoms with Crippen molar-refractivity contribution in [2.24, 2.45) is 5.73 Å². The van der Waals surface area contributed by atoms with Crippen LogP contribution in [-0.2, 0) is 12.7 Å². The molecule has 0 unspecified atom stereocenters. The molecule has 1 amide bonds. The van der Waals surface area contributed by atoms with Crippen molar-refractivity contribution in [3.05, 3.63) is 64.7 Å². The molecular formula is C16H15F3N2O. The predicted molar refractivity (Wildman–Crippen MR) is 78.5 cm³/mol. The number of amides is 1. The van der Waals surface area contributed by atoms with Gasteiger partial charge in [-0.3, -0.25) is 4.79 Å². The van der Waals surface area contributed by atoms with Gasteiger partial charge in [-0.15, -0.1) is 0 Å². The maximum absolute atomic E-state index is 12.5. The number of carbonyl (C=O) groups is 1. The second-order valence-corrected chi connectivity index (χ2v) is 4.87. The Morgan fingerprint density at radius 3 is 2.27 bits per heavy atom. The molecule has 0 atom stereocenters. The van der Waals surface area contributed by atoms with E-state index < -0.39 is 11.7 Å². The molecular weight excluding hydrogens is 293 g/mol. The van der Waals surface area contributed by atoms with E-state index >= 15 is 0 Å². The predicted octanol–water partition coefficient (Wildman–Crippen LogP) is 3.72. The van der Waals surface area contributed by atoms with Crippen molar-refractivity contribution in [1.29, 1.82) is 0 Å². The van der Waals surface area contributed by atoms with Crippen molar-refractivity contribution in [1.82, 2.24) is 0 Å². The van der Waals surface area contributed by atoms with E-state index in [1.807, 2.05) is 6.92 Å². The smallest absolute Gasteiger partial charge is 0.326 e. The Hall–Kier alpha value is -2.34. The largest absolute Gasteiger partial charge is 0.416 e. The van der Waals surface area contributed by atoms with Gasteiger partial charge in [0.1, 0.15) is 0 Å². The van der Waals surface area contributed by atoms with Gasteiger partial charge in [-0.1, -0.05) is 6.07 Å². The number of hydrogen-bond donors (Lipinski definition) is 2. The van der Waals surface area contributed by atoms with Crippen LogP contribution in [0.1, 0.15) is 27.0 Å². The summed E-state index contributed by atoms with van der Waals surface area (Å²) in [5, 5.41) is 2.56. The number of hydrogen-bond acceptors (Lipinski definition) is 2. The van der Waals surface area contributed by atoms with Crippen LogP contribution in [0.25, 0.3) is 0 Å². The zero-order valence-electron chi connectivity index (χ0n) is 11.9. The van der Waals surface area contributed by atoms with Gasteiger partial charge in [0.25, 0.3) is 5.91 Å². The van der Waals surface area contributed by atoms with Gasteiger partial charge in [-0.25, -0.2) is 0 Å². The minimum atomic E-state index is -4.39. The van der Waals surface area contributed by atoms with Crippen molar-refractivity contribution in [3.8, 4) is 0 Å². The van der Waals surface area contributed by atoms with E-state index in [0.29, 0.717) is 17.8 Å². The molecule has 0 aromatic heterocycles. The van der Waals surface area contributed by atoms with Crippen molar-refractivity contribution in [2.45, 2.75) is 19.6 Å². The second-order valence-electron chi connectivity index (χ2n) is 4.87. The second kappa shape index (κ2) is 6.19. The van der Waals surface area contributed by atoms with E-state index in [1.54, 1.807) is 18.2 Å². The zero-order valence-corrected chi connectivity index (χ0v) is 11.9. The highest BCUT2D eigenvalue weighted by Crippen LogP contribution is 2.29. The molecule has 22 heavy (non-hydrogen) atoms. The molecule has 0 bridgehead atoms. The van der Waals surface area contributed by atoms with Crippen molar-refractivity contribution in [2.75, 3.05) is 5.32 Å². The van der Waals surface area contributed by atoms with Crippen LogP contribution in [0.3, 0.4) is 0 Å². The highest BCUT2D eigenvalue weighted by Gasteiger charge is 2.29. The van der Waals surface area contributed by atoms with Crippen LogP contribution in [0.15, 0.2) is 42.5 Å². The first-order valence-corrected chi connectivity index (χ1v) is 6.59. The van der Waals surface area contributed by atoms with E-state index in [2.05, 4.69) is 5.32 Å². The molecule has 0 radical (unpaired) electrons. The Morgan fingerprint density at radius 2 is 1.77 bits per heavy atom. The Kier molecular flexibility index (Phi) is 4.51. The number of carbonyl (C=O) groups excluding carboxylic acids is 1. The van der Waals surface area contributed by atoms with Gasteiger partial charge < -0.3 is 11.1 Å². The van der Waals surface area contributed by atoms with Crippen LogP contribution in [0.5, 0.6) is 0 Å². The number of rotatable bonds is 3. The first-order valence-electron chi connectivity index (χ1n) is 6.59. The van der Waals surface area contributed by atoms with Crippen molar-refractivity contribution in [3.63, 3.8) is 0 Å². The monoisotopic (exact) mass is 308 g/mol. The van der Waals surface area contributed by atoms with Gasteiger partial charge in [0.15, 0.2) is 0 Å². The van der Waals surface area contributed by atoms with Crippen LogP contribution in [0.2, 0.25) is 0 Å². The number of anilines is 1. The summed E-state index contributed by atoms with van der Waals surface area (Å²) in [7, 11) is 0. The molecule has 3 nitrogen and oxygen atoms in total. The third-order valence-corrected chi connectivity index (χ3v) is 3.29. The molecule has 6 heteroatoms. The standard InChI is InChI=1S/C16H15F3N2O/c1-10-8-11(2-3-12(10)9-20)15(22)21-14-6-4-13(5-7-14)16(17,18)19/h2-8H,9,20H2,1H3,(H,21,22). The molecule has 2 aromatic carbocycles. The highest BCUT2D eigenvalue weighted by atomic mass is 19.4. The average Bonchev–Trinajstić information content (AvgIpc) is 2.46. The van der Waals surface area contributed by atoms with Gasteiger partial charge in [0.05, 0.1) is 5.56 Å². The number of nitrogens with one attached hydrogen (secondary N) is 1. The number of alkyl halides is 3. The van der Waals surface area contributed by atoms with Crippen molar-refractivity contribution >= 4 is 11.6 Å². The number of halogens is 3. The van der Waals surface area contributed by atoms with E-state index in [0.717, 1.165) is 23.3 Å². The molecule has 0 fully saturated rings. The van der Waals surface area contributed by atoms with Gasteiger partial charge in [0.2, 0.25) is 0 Å². The SMILES string of the molecule is Cc1cc(C(=O)Nc2ccc(C(F)(F)F)cc2)ccc1CN. The molecule has 0 aliphatic carbocycles. The summed E-state index contributed by atoms with van der Waals surface area (Å²) in [5.74, 6) is -0.383. The van der Waals surface area contributed by atoms with E-state index in [-0.39, 0.29) is 5.91 Å². The Bertz CT molecular complexity index is 679. The van der Waals surface area contributed by atoms with Gasteiger partial charge in [-0.2, -0.15) is 13.2 Å². The number of nitrogens with two attached hydrogens (primary N) is 1. The fourth-order valence-electron chi connectivity index (χ4n) is 2.01.